The number of aliphatic hydroxyl groups excluding tert-OH is 1. The molecule has 0 radical (unpaired) electrons. The second-order valence-corrected chi connectivity index (χ2v) is 3.33. The molecule has 0 aromatic heterocycles. The van der Waals surface area contributed by atoms with E-state index in [1.165, 1.54) is 0 Å². The molecule has 1 aliphatic carbocycles. The predicted octanol–water partition coefficient (Wildman–Crippen LogP) is 0.204. The molecule has 0 aliphatic heterocycles. The van der Waals surface area contributed by atoms with Crippen molar-refractivity contribution in [3.63, 3.8) is 0 Å². The van der Waals surface area contributed by atoms with Crippen molar-refractivity contribution in [2.75, 3.05) is 13.7 Å². The first-order chi connectivity index (χ1) is 6.23. The number of rotatable bonds is 4. The third kappa shape index (κ3) is 2.40. The zero-order chi connectivity index (χ0) is 9.73. The molecule has 3 heteroatoms. The van der Waals surface area contributed by atoms with E-state index in [-0.39, 0.29) is 12.6 Å². The molecular weight excluding hydrogens is 166 g/mol. The highest BCUT2D eigenvalue weighted by Crippen LogP contribution is 2.23. The van der Waals surface area contributed by atoms with E-state index in [4.69, 9.17) is 5.11 Å². The van der Waals surface area contributed by atoms with Gasteiger partial charge in [-0.25, -0.2) is 0 Å². The second-order valence-electron chi connectivity index (χ2n) is 3.33. The SMILES string of the molecule is CNC1C=CC=CC1(O)CCCO. The molecule has 1 rings (SSSR count). The minimum absolute atomic E-state index is 0.0518. The van der Waals surface area contributed by atoms with Gasteiger partial charge in [0.25, 0.3) is 0 Å². The monoisotopic (exact) mass is 183 g/mol. The molecule has 3 N–H and O–H groups in total. The van der Waals surface area contributed by atoms with Gasteiger partial charge in [-0.1, -0.05) is 24.3 Å². The molecule has 0 aromatic carbocycles. The van der Waals surface area contributed by atoms with E-state index in [2.05, 4.69) is 5.32 Å². The van der Waals surface area contributed by atoms with Crippen LogP contribution in [-0.4, -0.2) is 35.5 Å². The molecule has 0 heterocycles. The van der Waals surface area contributed by atoms with Crippen LogP contribution in [0.1, 0.15) is 12.8 Å². The van der Waals surface area contributed by atoms with Gasteiger partial charge < -0.3 is 15.5 Å². The molecule has 0 aromatic rings. The van der Waals surface area contributed by atoms with Crippen LogP contribution in [0, 0.1) is 0 Å². The van der Waals surface area contributed by atoms with Gasteiger partial charge in [-0.15, -0.1) is 0 Å². The van der Waals surface area contributed by atoms with Gasteiger partial charge in [0.05, 0.1) is 6.04 Å². The molecule has 0 saturated carbocycles. The van der Waals surface area contributed by atoms with Crippen LogP contribution in [-0.2, 0) is 0 Å². The van der Waals surface area contributed by atoms with Crippen LogP contribution in [0.25, 0.3) is 0 Å². The standard InChI is InChI=1S/C10H17NO2/c1-11-9-5-2-3-6-10(9,13)7-4-8-12/h2-3,5-6,9,11-13H,4,7-8H2,1H3. The summed E-state index contributed by atoms with van der Waals surface area (Å²) in [5.74, 6) is 0. The van der Waals surface area contributed by atoms with Crippen molar-refractivity contribution in [2.45, 2.75) is 24.5 Å². The fourth-order valence-corrected chi connectivity index (χ4v) is 1.61. The van der Waals surface area contributed by atoms with Crippen LogP contribution in [0.15, 0.2) is 24.3 Å². The summed E-state index contributed by atoms with van der Waals surface area (Å²) < 4.78 is 0. The van der Waals surface area contributed by atoms with E-state index in [9.17, 15) is 5.11 Å². The number of hydrogen-bond acceptors (Lipinski definition) is 3. The summed E-state index contributed by atoms with van der Waals surface area (Å²) >= 11 is 0. The van der Waals surface area contributed by atoms with E-state index in [1.54, 1.807) is 6.08 Å². The highest BCUT2D eigenvalue weighted by molar-refractivity contribution is 5.24. The highest BCUT2D eigenvalue weighted by Gasteiger charge is 2.31. The predicted molar refractivity (Wildman–Crippen MR) is 52.4 cm³/mol. The molecule has 1 aliphatic rings. The largest absolute Gasteiger partial charge is 0.396 e. The molecule has 0 bridgehead atoms. The van der Waals surface area contributed by atoms with Crippen LogP contribution in [0.5, 0.6) is 0 Å². The topological polar surface area (TPSA) is 52.5 Å². The van der Waals surface area contributed by atoms with Gasteiger partial charge in [0.2, 0.25) is 0 Å². The van der Waals surface area contributed by atoms with Crippen molar-refractivity contribution in [3.05, 3.63) is 24.3 Å². The fraction of sp³-hybridized carbons (Fsp3) is 0.600. The summed E-state index contributed by atoms with van der Waals surface area (Å²) in [6.45, 7) is 0.121. The first-order valence-corrected chi connectivity index (χ1v) is 4.59. The average molecular weight is 183 g/mol. The summed E-state index contributed by atoms with van der Waals surface area (Å²) in [6, 6.07) is -0.0518. The number of aliphatic hydroxyl groups is 2. The van der Waals surface area contributed by atoms with E-state index < -0.39 is 5.60 Å². The minimum atomic E-state index is -0.841. The minimum Gasteiger partial charge on any atom is -0.396 e. The maximum atomic E-state index is 10.2. The van der Waals surface area contributed by atoms with Crippen LogP contribution in [0.3, 0.4) is 0 Å². The van der Waals surface area contributed by atoms with E-state index in [0.29, 0.717) is 12.8 Å². The number of nitrogens with one attached hydrogen (secondary N) is 1. The molecule has 0 spiro atoms. The smallest absolute Gasteiger partial charge is 0.102 e. The molecule has 0 fully saturated rings. The summed E-state index contributed by atoms with van der Waals surface area (Å²) in [4.78, 5) is 0. The summed E-state index contributed by atoms with van der Waals surface area (Å²) in [5, 5.41) is 21.9. The summed E-state index contributed by atoms with van der Waals surface area (Å²) in [5.41, 5.74) is -0.841. The molecule has 13 heavy (non-hydrogen) atoms. The Morgan fingerprint density at radius 3 is 2.85 bits per heavy atom. The zero-order valence-corrected chi connectivity index (χ0v) is 7.90. The van der Waals surface area contributed by atoms with Gasteiger partial charge >= 0.3 is 0 Å². The first-order valence-electron chi connectivity index (χ1n) is 4.59. The maximum Gasteiger partial charge on any atom is 0.102 e. The Hall–Kier alpha value is -0.640. The lowest BCUT2D eigenvalue weighted by Crippen LogP contribution is -2.48. The van der Waals surface area contributed by atoms with Gasteiger partial charge in [0.15, 0.2) is 0 Å². The van der Waals surface area contributed by atoms with Crippen LogP contribution < -0.4 is 5.32 Å². The van der Waals surface area contributed by atoms with E-state index >= 15 is 0 Å². The van der Waals surface area contributed by atoms with Gasteiger partial charge in [0, 0.05) is 6.61 Å². The molecular formula is C10H17NO2. The number of allylic oxidation sites excluding steroid dienone is 2. The first kappa shape index (κ1) is 10.4. The van der Waals surface area contributed by atoms with Gasteiger partial charge in [-0.3, -0.25) is 0 Å². The van der Waals surface area contributed by atoms with Crippen LogP contribution >= 0.6 is 0 Å². The molecule has 74 valence electrons. The quantitative estimate of drug-likeness (QED) is 0.584. The van der Waals surface area contributed by atoms with Crippen molar-refractivity contribution in [1.29, 1.82) is 0 Å². The molecule has 0 saturated heterocycles. The Balaban J connectivity index is 2.62. The number of hydrogen-bond donors (Lipinski definition) is 3. The van der Waals surface area contributed by atoms with E-state index in [0.717, 1.165) is 0 Å². The maximum absolute atomic E-state index is 10.2. The lowest BCUT2D eigenvalue weighted by Gasteiger charge is -2.33. The Bertz CT molecular complexity index is 213. The zero-order valence-electron chi connectivity index (χ0n) is 7.90. The van der Waals surface area contributed by atoms with Crippen molar-refractivity contribution in [3.8, 4) is 0 Å². The second kappa shape index (κ2) is 4.56. The molecule has 2 atom stereocenters. The fourth-order valence-electron chi connectivity index (χ4n) is 1.61. The van der Waals surface area contributed by atoms with Gasteiger partial charge in [0.1, 0.15) is 5.60 Å². The van der Waals surface area contributed by atoms with Crippen LogP contribution in [0.2, 0.25) is 0 Å². The number of likely N-dealkylation sites (N-methyl/N-ethyl adjacent to an activating group) is 1. The Kier molecular flexibility index (Phi) is 3.66. The molecule has 3 nitrogen and oxygen atoms in total. The normalized spacial score (nSPS) is 32.4. The lowest BCUT2D eigenvalue weighted by atomic mass is 9.86. The summed E-state index contributed by atoms with van der Waals surface area (Å²) in [7, 11) is 1.82. The van der Waals surface area contributed by atoms with E-state index in [1.807, 2.05) is 25.3 Å². The lowest BCUT2D eigenvalue weighted by molar-refractivity contribution is 0.0500. The summed E-state index contributed by atoms with van der Waals surface area (Å²) in [6.07, 6.45) is 8.66. The van der Waals surface area contributed by atoms with Crippen LogP contribution in [0.4, 0.5) is 0 Å². The van der Waals surface area contributed by atoms with Crippen molar-refractivity contribution in [2.24, 2.45) is 0 Å². The van der Waals surface area contributed by atoms with Gasteiger partial charge in [-0.05, 0) is 19.9 Å². The van der Waals surface area contributed by atoms with Crippen molar-refractivity contribution < 1.29 is 10.2 Å². The third-order valence-electron chi connectivity index (χ3n) is 2.38. The van der Waals surface area contributed by atoms with Gasteiger partial charge in [-0.2, -0.15) is 0 Å². The molecule has 0 amide bonds. The highest BCUT2D eigenvalue weighted by atomic mass is 16.3. The third-order valence-corrected chi connectivity index (χ3v) is 2.38. The Morgan fingerprint density at radius 1 is 1.46 bits per heavy atom. The Morgan fingerprint density at radius 2 is 2.23 bits per heavy atom. The van der Waals surface area contributed by atoms with Crippen molar-refractivity contribution in [1.82, 2.24) is 5.32 Å². The van der Waals surface area contributed by atoms with Crippen molar-refractivity contribution >= 4 is 0 Å². The average Bonchev–Trinajstić information content (AvgIpc) is 2.16. The molecule has 2 unspecified atom stereocenters. The Labute approximate surface area is 78.8 Å².